The van der Waals surface area contributed by atoms with E-state index in [0.717, 1.165) is 55.4 Å². The van der Waals surface area contributed by atoms with E-state index in [0.29, 0.717) is 29.5 Å². The minimum absolute atomic E-state index is 0.299. The Bertz CT molecular complexity index is 860. The zero-order chi connectivity index (χ0) is 21.7. The summed E-state index contributed by atoms with van der Waals surface area (Å²) < 4.78 is 5.12. The summed E-state index contributed by atoms with van der Waals surface area (Å²) >= 11 is 1.34. The van der Waals surface area contributed by atoms with Crippen LogP contribution in [0, 0.1) is 6.92 Å². The summed E-state index contributed by atoms with van der Waals surface area (Å²) in [7, 11) is 4.21. The summed E-state index contributed by atoms with van der Waals surface area (Å²) in [4.78, 5) is 24.3. The zero-order valence-electron chi connectivity index (χ0n) is 18.3. The van der Waals surface area contributed by atoms with E-state index in [4.69, 9.17) is 4.74 Å². The van der Waals surface area contributed by atoms with Gasteiger partial charge in [-0.1, -0.05) is 0 Å². The van der Waals surface area contributed by atoms with Crippen molar-refractivity contribution in [2.24, 2.45) is 0 Å². The molecular weight excluding hydrogens is 400 g/mol. The number of thiazole rings is 1. The van der Waals surface area contributed by atoms with Gasteiger partial charge in [-0.2, -0.15) is 0 Å². The summed E-state index contributed by atoms with van der Waals surface area (Å²) in [6.45, 7) is 10.9. The van der Waals surface area contributed by atoms with E-state index in [2.05, 4.69) is 33.8 Å². The second-order valence-electron chi connectivity index (χ2n) is 7.92. The maximum absolute atomic E-state index is 12.1. The highest BCUT2D eigenvalue weighted by molar-refractivity contribution is 7.17. The first kappa shape index (κ1) is 22.7. The summed E-state index contributed by atoms with van der Waals surface area (Å²) in [5.41, 5.74) is 2.48. The lowest BCUT2D eigenvalue weighted by atomic mass is 10.1. The molecule has 0 atom stereocenters. The number of aromatic nitrogens is 1. The van der Waals surface area contributed by atoms with Crippen molar-refractivity contribution in [3.8, 4) is 16.3 Å². The van der Waals surface area contributed by atoms with Gasteiger partial charge < -0.3 is 14.7 Å². The van der Waals surface area contributed by atoms with Gasteiger partial charge in [-0.25, -0.2) is 9.78 Å². The molecule has 7 nitrogen and oxygen atoms in total. The average molecular weight is 433 g/mol. The summed E-state index contributed by atoms with van der Waals surface area (Å²) in [6.07, 6.45) is 0. The van der Waals surface area contributed by atoms with E-state index < -0.39 is 0 Å². The third kappa shape index (κ3) is 5.78. The Morgan fingerprint density at radius 2 is 1.93 bits per heavy atom. The molecule has 1 fully saturated rings. The number of rotatable bonds is 8. The Balaban J connectivity index is 1.67. The van der Waals surface area contributed by atoms with Crippen LogP contribution in [0.15, 0.2) is 18.2 Å². The summed E-state index contributed by atoms with van der Waals surface area (Å²) in [5, 5.41) is 11.2. The van der Waals surface area contributed by atoms with Crippen LogP contribution in [0.3, 0.4) is 0 Å². The Kier molecular flexibility index (Phi) is 7.82. The van der Waals surface area contributed by atoms with Gasteiger partial charge in [0.1, 0.15) is 15.6 Å². The van der Waals surface area contributed by atoms with Crippen LogP contribution in [-0.2, 0) is 11.3 Å². The van der Waals surface area contributed by atoms with Crippen molar-refractivity contribution in [1.82, 2.24) is 19.7 Å². The van der Waals surface area contributed by atoms with Gasteiger partial charge in [0.15, 0.2) is 0 Å². The van der Waals surface area contributed by atoms with Crippen molar-refractivity contribution in [1.29, 1.82) is 0 Å². The Labute approximate surface area is 182 Å². The fourth-order valence-corrected chi connectivity index (χ4v) is 4.46. The first-order valence-corrected chi connectivity index (χ1v) is 11.2. The lowest BCUT2D eigenvalue weighted by Gasteiger charge is -2.35. The van der Waals surface area contributed by atoms with Crippen molar-refractivity contribution in [2.45, 2.75) is 20.4 Å². The van der Waals surface area contributed by atoms with Crippen LogP contribution in [0.5, 0.6) is 5.75 Å². The third-order valence-corrected chi connectivity index (χ3v) is 6.49. The molecule has 1 aliphatic heterocycles. The number of phenolic OH excluding ortho intramolecular Hbond substituents is 1. The average Bonchev–Trinajstić information content (AvgIpc) is 3.11. The summed E-state index contributed by atoms with van der Waals surface area (Å²) in [6, 6.07) is 5.56. The van der Waals surface area contributed by atoms with E-state index in [-0.39, 0.29) is 5.97 Å². The topological polar surface area (TPSA) is 69.1 Å². The number of carbonyl (C=O) groups excluding carboxylic acids is 1. The van der Waals surface area contributed by atoms with E-state index in [1.807, 2.05) is 19.1 Å². The zero-order valence-corrected chi connectivity index (χ0v) is 19.2. The van der Waals surface area contributed by atoms with Crippen LogP contribution in [0.4, 0.5) is 0 Å². The predicted octanol–water partition coefficient (Wildman–Crippen LogP) is 2.68. The van der Waals surface area contributed by atoms with E-state index in [9.17, 15) is 9.90 Å². The number of likely N-dealkylation sites (N-methyl/N-ethyl adjacent to an activating group) is 1. The Morgan fingerprint density at radius 3 is 2.60 bits per heavy atom. The number of benzene rings is 1. The van der Waals surface area contributed by atoms with Gasteiger partial charge in [0.2, 0.25) is 0 Å². The molecule has 1 N–H and O–H groups in total. The summed E-state index contributed by atoms with van der Waals surface area (Å²) in [5.74, 6) is -0.0300. The van der Waals surface area contributed by atoms with Crippen LogP contribution in [-0.4, -0.2) is 90.7 Å². The molecule has 0 radical (unpaired) electrons. The first-order valence-electron chi connectivity index (χ1n) is 10.4. The highest BCUT2D eigenvalue weighted by Gasteiger charge is 2.20. The highest BCUT2D eigenvalue weighted by Crippen LogP contribution is 2.32. The molecule has 1 saturated heterocycles. The molecule has 0 amide bonds. The van der Waals surface area contributed by atoms with Crippen molar-refractivity contribution < 1.29 is 14.6 Å². The molecule has 3 rings (SSSR count). The minimum atomic E-state index is -0.329. The Hall–Kier alpha value is -2.00. The monoisotopic (exact) mass is 432 g/mol. The van der Waals surface area contributed by atoms with Gasteiger partial charge in [-0.3, -0.25) is 9.80 Å². The molecule has 0 unspecified atom stereocenters. The van der Waals surface area contributed by atoms with Crippen molar-refractivity contribution in [3.63, 3.8) is 0 Å². The molecule has 2 heterocycles. The molecule has 1 aliphatic rings. The van der Waals surface area contributed by atoms with Gasteiger partial charge in [-0.05, 0) is 46.1 Å². The van der Waals surface area contributed by atoms with Crippen molar-refractivity contribution in [2.75, 3.05) is 60.0 Å². The minimum Gasteiger partial charge on any atom is -0.508 e. The fraction of sp³-hybridized carbons (Fsp3) is 0.545. The Morgan fingerprint density at radius 1 is 1.23 bits per heavy atom. The molecule has 30 heavy (non-hydrogen) atoms. The van der Waals surface area contributed by atoms with Crippen LogP contribution in [0.1, 0.15) is 27.9 Å². The van der Waals surface area contributed by atoms with Gasteiger partial charge in [0.05, 0.1) is 12.3 Å². The number of nitrogens with zero attached hydrogens (tertiary/aromatic N) is 4. The molecule has 0 bridgehead atoms. The molecule has 8 heteroatoms. The number of aryl methyl sites for hydroxylation is 1. The molecule has 164 valence electrons. The van der Waals surface area contributed by atoms with Crippen LogP contribution in [0.25, 0.3) is 10.6 Å². The number of carbonyl (C=O) groups is 1. The van der Waals surface area contributed by atoms with Crippen molar-refractivity contribution >= 4 is 17.3 Å². The maximum Gasteiger partial charge on any atom is 0.350 e. The van der Waals surface area contributed by atoms with Crippen molar-refractivity contribution in [3.05, 3.63) is 34.3 Å². The normalized spacial score (nSPS) is 15.6. The lowest BCUT2D eigenvalue weighted by Crippen LogP contribution is -2.47. The van der Waals surface area contributed by atoms with E-state index in [1.54, 1.807) is 13.0 Å². The van der Waals surface area contributed by atoms with Crippen LogP contribution >= 0.6 is 11.3 Å². The second-order valence-corrected chi connectivity index (χ2v) is 8.92. The molecule has 1 aromatic heterocycles. The molecule has 2 aromatic rings. The quantitative estimate of drug-likeness (QED) is 0.643. The predicted molar refractivity (Wildman–Crippen MR) is 120 cm³/mol. The SMILES string of the molecule is CCOC(=O)c1sc(-c2ccc(O)c(CN3CCN(CCN(C)C)CC3)c2)nc1C. The standard InChI is InChI=1S/C22H32N4O3S/c1-5-29-22(28)20-16(2)23-21(30-20)17-6-7-19(27)18(14-17)15-26-12-10-25(11-13-26)9-8-24(3)4/h6-7,14,27H,5,8-13,15H2,1-4H3. The van der Waals surface area contributed by atoms with Crippen LogP contribution in [0.2, 0.25) is 0 Å². The fourth-order valence-electron chi connectivity index (χ4n) is 3.50. The van der Waals surface area contributed by atoms with Gasteiger partial charge in [-0.15, -0.1) is 11.3 Å². The number of hydrogen-bond acceptors (Lipinski definition) is 8. The second kappa shape index (κ2) is 10.3. The maximum atomic E-state index is 12.1. The van der Waals surface area contributed by atoms with Gasteiger partial charge in [0, 0.05) is 56.9 Å². The number of piperazine rings is 1. The van der Waals surface area contributed by atoms with E-state index >= 15 is 0 Å². The number of phenols is 1. The highest BCUT2D eigenvalue weighted by atomic mass is 32.1. The largest absolute Gasteiger partial charge is 0.508 e. The molecule has 0 saturated carbocycles. The number of hydrogen-bond donors (Lipinski definition) is 1. The number of esters is 1. The smallest absolute Gasteiger partial charge is 0.350 e. The molecule has 0 aliphatic carbocycles. The third-order valence-electron chi connectivity index (χ3n) is 5.31. The number of aromatic hydroxyl groups is 1. The molecule has 1 aromatic carbocycles. The van der Waals surface area contributed by atoms with Crippen LogP contribution < -0.4 is 0 Å². The van der Waals surface area contributed by atoms with Gasteiger partial charge >= 0.3 is 5.97 Å². The number of ether oxygens (including phenoxy) is 1. The van der Waals surface area contributed by atoms with E-state index in [1.165, 1.54) is 11.3 Å². The first-order chi connectivity index (χ1) is 14.4. The van der Waals surface area contributed by atoms with Gasteiger partial charge in [0.25, 0.3) is 0 Å². The molecular formula is C22H32N4O3S. The lowest BCUT2D eigenvalue weighted by molar-refractivity contribution is 0.0531. The molecule has 0 spiro atoms.